The van der Waals surface area contributed by atoms with E-state index in [9.17, 15) is 0 Å². The van der Waals surface area contributed by atoms with E-state index >= 15 is 0 Å². The van der Waals surface area contributed by atoms with Crippen LogP contribution in [0.3, 0.4) is 0 Å². The lowest BCUT2D eigenvalue weighted by molar-refractivity contribution is 0.209. The van der Waals surface area contributed by atoms with E-state index in [1.165, 1.54) is 50.5 Å². The molecule has 0 saturated carbocycles. The van der Waals surface area contributed by atoms with Crippen molar-refractivity contribution < 1.29 is 0 Å². The SMILES string of the molecule is CCC(C)CN1CCCC1CCCBr. The summed E-state index contributed by atoms with van der Waals surface area (Å²) in [7, 11) is 0. The molecule has 2 atom stereocenters. The van der Waals surface area contributed by atoms with E-state index in [1.54, 1.807) is 0 Å². The van der Waals surface area contributed by atoms with Gasteiger partial charge in [-0.2, -0.15) is 0 Å². The summed E-state index contributed by atoms with van der Waals surface area (Å²) in [6.45, 7) is 7.34. The van der Waals surface area contributed by atoms with Crippen molar-refractivity contribution in [2.75, 3.05) is 18.4 Å². The Morgan fingerprint density at radius 1 is 1.50 bits per heavy atom. The lowest BCUT2D eigenvalue weighted by Gasteiger charge is -2.26. The third-order valence-electron chi connectivity index (χ3n) is 3.41. The van der Waals surface area contributed by atoms with E-state index in [2.05, 4.69) is 34.7 Å². The van der Waals surface area contributed by atoms with Crippen molar-refractivity contribution in [3.8, 4) is 0 Å². The van der Waals surface area contributed by atoms with Crippen LogP contribution in [0.4, 0.5) is 0 Å². The van der Waals surface area contributed by atoms with Crippen molar-refractivity contribution in [3.63, 3.8) is 0 Å². The largest absolute Gasteiger partial charge is 0.300 e. The van der Waals surface area contributed by atoms with Gasteiger partial charge in [0, 0.05) is 17.9 Å². The minimum Gasteiger partial charge on any atom is -0.300 e. The summed E-state index contributed by atoms with van der Waals surface area (Å²) in [4.78, 5) is 2.72. The Hall–Kier alpha value is 0.440. The van der Waals surface area contributed by atoms with Gasteiger partial charge in [-0.3, -0.25) is 0 Å². The molecule has 84 valence electrons. The Balaban J connectivity index is 2.27. The topological polar surface area (TPSA) is 3.24 Å². The van der Waals surface area contributed by atoms with E-state index < -0.39 is 0 Å². The van der Waals surface area contributed by atoms with Crippen molar-refractivity contribution in [2.24, 2.45) is 5.92 Å². The number of hydrogen-bond donors (Lipinski definition) is 0. The maximum absolute atomic E-state index is 3.52. The molecule has 1 heterocycles. The number of alkyl halides is 1. The first-order chi connectivity index (χ1) is 6.77. The molecule has 0 spiro atoms. The molecular formula is C12H24BrN. The minimum absolute atomic E-state index is 0.875. The Bertz CT molecular complexity index is 149. The van der Waals surface area contributed by atoms with Gasteiger partial charge in [-0.15, -0.1) is 0 Å². The molecule has 1 aliphatic rings. The maximum Gasteiger partial charge on any atom is 0.00961 e. The molecule has 1 fully saturated rings. The van der Waals surface area contributed by atoms with Gasteiger partial charge < -0.3 is 4.90 Å². The average Bonchev–Trinajstić information content (AvgIpc) is 2.62. The van der Waals surface area contributed by atoms with E-state index in [-0.39, 0.29) is 0 Å². The fourth-order valence-corrected chi connectivity index (χ4v) is 2.63. The summed E-state index contributed by atoms with van der Waals surface area (Å²) < 4.78 is 0. The number of hydrogen-bond acceptors (Lipinski definition) is 1. The van der Waals surface area contributed by atoms with Crippen molar-refractivity contribution in [2.45, 2.75) is 52.0 Å². The van der Waals surface area contributed by atoms with Crippen LogP contribution in [-0.2, 0) is 0 Å². The van der Waals surface area contributed by atoms with Crippen LogP contribution in [0.1, 0.15) is 46.0 Å². The predicted octanol–water partition coefficient (Wildman–Crippen LogP) is 3.67. The Morgan fingerprint density at radius 2 is 2.29 bits per heavy atom. The fraction of sp³-hybridized carbons (Fsp3) is 1.00. The van der Waals surface area contributed by atoms with Crippen LogP contribution in [0.5, 0.6) is 0 Å². The molecule has 0 aromatic carbocycles. The number of likely N-dealkylation sites (tertiary alicyclic amines) is 1. The summed E-state index contributed by atoms with van der Waals surface area (Å²) in [6.07, 6.45) is 6.90. The van der Waals surface area contributed by atoms with Crippen LogP contribution in [-0.4, -0.2) is 29.4 Å². The summed E-state index contributed by atoms with van der Waals surface area (Å²) in [5.74, 6) is 0.875. The minimum atomic E-state index is 0.875. The fourth-order valence-electron chi connectivity index (χ4n) is 2.30. The first-order valence-corrected chi connectivity index (χ1v) is 7.20. The van der Waals surface area contributed by atoms with E-state index in [0.717, 1.165) is 12.0 Å². The zero-order chi connectivity index (χ0) is 10.4. The van der Waals surface area contributed by atoms with E-state index in [4.69, 9.17) is 0 Å². The first kappa shape index (κ1) is 12.5. The van der Waals surface area contributed by atoms with Crippen LogP contribution >= 0.6 is 15.9 Å². The highest BCUT2D eigenvalue weighted by Crippen LogP contribution is 2.23. The van der Waals surface area contributed by atoms with Crippen LogP contribution in [0.2, 0.25) is 0 Å². The van der Waals surface area contributed by atoms with E-state index in [0.29, 0.717) is 0 Å². The highest BCUT2D eigenvalue weighted by Gasteiger charge is 2.24. The molecule has 1 aliphatic heterocycles. The highest BCUT2D eigenvalue weighted by atomic mass is 79.9. The summed E-state index contributed by atoms with van der Waals surface area (Å²) >= 11 is 3.52. The van der Waals surface area contributed by atoms with Gasteiger partial charge in [0.2, 0.25) is 0 Å². The smallest absolute Gasteiger partial charge is 0.00961 e. The van der Waals surface area contributed by atoms with Gasteiger partial charge in [-0.25, -0.2) is 0 Å². The second-order valence-corrected chi connectivity index (χ2v) is 5.43. The normalized spacial score (nSPS) is 25.5. The molecule has 0 amide bonds. The quantitative estimate of drug-likeness (QED) is 0.660. The first-order valence-electron chi connectivity index (χ1n) is 6.08. The molecule has 1 rings (SSSR count). The van der Waals surface area contributed by atoms with Gasteiger partial charge in [0.25, 0.3) is 0 Å². The Kier molecular flexibility index (Phi) is 6.11. The summed E-state index contributed by atoms with van der Waals surface area (Å²) in [5, 5.41) is 1.17. The Labute approximate surface area is 97.4 Å². The second kappa shape index (κ2) is 6.84. The molecule has 0 aliphatic carbocycles. The van der Waals surface area contributed by atoms with Crippen molar-refractivity contribution in [1.29, 1.82) is 0 Å². The molecule has 0 radical (unpaired) electrons. The molecule has 14 heavy (non-hydrogen) atoms. The molecule has 1 saturated heterocycles. The van der Waals surface area contributed by atoms with Gasteiger partial charge in [-0.05, 0) is 38.1 Å². The predicted molar refractivity (Wildman–Crippen MR) is 67.1 cm³/mol. The average molecular weight is 262 g/mol. The number of halogens is 1. The van der Waals surface area contributed by atoms with Crippen LogP contribution in [0.15, 0.2) is 0 Å². The molecule has 1 nitrogen and oxygen atoms in total. The van der Waals surface area contributed by atoms with Crippen molar-refractivity contribution in [3.05, 3.63) is 0 Å². The summed E-state index contributed by atoms with van der Waals surface area (Å²) in [6, 6.07) is 0.890. The lowest BCUT2D eigenvalue weighted by Crippen LogP contribution is -2.33. The van der Waals surface area contributed by atoms with Crippen LogP contribution in [0.25, 0.3) is 0 Å². The van der Waals surface area contributed by atoms with Crippen LogP contribution in [0, 0.1) is 5.92 Å². The molecule has 0 bridgehead atoms. The monoisotopic (exact) mass is 261 g/mol. The third-order valence-corrected chi connectivity index (χ3v) is 3.97. The second-order valence-electron chi connectivity index (χ2n) is 4.64. The lowest BCUT2D eigenvalue weighted by atomic mass is 10.1. The Morgan fingerprint density at radius 3 is 2.93 bits per heavy atom. The van der Waals surface area contributed by atoms with E-state index in [1.807, 2.05) is 0 Å². The number of rotatable bonds is 6. The van der Waals surface area contributed by atoms with Crippen molar-refractivity contribution >= 4 is 15.9 Å². The van der Waals surface area contributed by atoms with Gasteiger partial charge >= 0.3 is 0 Å². The molecular weight excluding hydrogens is 238 g/mol. The van der Waals surface area contributed by atoms with Gasteiger partial charge in [-0.1, -0.05) is 36.2 Å². The maximum atomic E-state index is 3.52. The van der Waals surface area contributed by atoms with Crippen molar-refractivity contribution in [1.82, 2.24) is 4.90 Å². The zero-order valence-corrected chi connectivity index (χ0v) is 11.2. The van der Waals surface area contributed by atoms with Gasteiger partial charge in [0.15, 0.2) is 0 Å². The third kappa shape index (κ3) is 3.90. The molecule has 2 unspecified atom stereocenters. The molecule has 0 aromatic heterocycles. The zero-order valence-electron chi connectivity index (χ0n) is 9.64. The van der Waals surface area contributed by atoms with Gasteiger partial charge in [0.1, 0.15) is 0 Å². The van der Waals surface area contributed by atoms with Crippen LogP contribution < -0.4 is 0 Å². The highest BCUT2D eigenvalue weighted by molar-refractivity contribution is 9.09. The molecule has 0 aromatic rings. The molecule has 0 N–H and O–H groups in total. The number of nitrogens with zero attached hydrogens (tertiary/aromatic N) is 1. The van der Waals surface area contributed by atoms with Gasteiger partial charge in [0.05, 0.1) is 0 Å². The molecule has 2 heteroatoms. The standard InChI is InChI=1S/C12H24BrN/c1-3-11(2)10-14-9-5-7-12(14)6-4-8-13/h11-12H,3-10H2,1-2H3. The summed E-state index contributed by atoms with van der Waals surface area (Å²) in [5.41, 5.74) is 0.